The fourth-order valence-corrected chi connectivity index (χ4v) is 4.20. The molecule has 0 unspecified atom stereocenters. The average molecular weight is 442 g/mol. The third-order valence-corrected chi connectivity index (χ3v) is 6.16. The SMILES string of the molecule is CC(C)C1CC(=O)N(c2ccc(OC(=O)N3CCc4ccc(Cl)cc4C3)nc2)C(=O)C1. The van der Waals surface area contributed by atoms with Crippen molar-refractivity contribution >= 4 is 35.2 Å². The van der Waals surface area contributed by atoms with Crippen LogP contribution in [0.4, 0.5) is 10.5 Å². The first-order valence-electron chi connectivity index (χ1n) is 10.4. The summed E-state index contributed by atoms with van der Waals surface area (Å²) >= 11 is 6.06. The first-order chi connectivity index (χ1) is 14.8. The van der Waals surface area contributed by atoms with Crippen LogP contribution in [0.1, 0.15) is 37.8 Å². The van der Waals surface area contributed by atoms with Gasteiger partial charge in [0, 0.05) is 37.0 Å². The van der Waals surface area contributed by atoms with E-state index in [1.54, 1.807) is 11.0 Å². The topological polar surface area (TPSA) is 79.8 Å². The number of piperidine rings is 1. The van der Waals surface area contributed by atoms with Crippen molar-refractivity contribution in [2.75, 3.05) is 11.4 Å². The molecule has 1 aromatic carbocycles. The van der Waals surface area contributed by atoms with Crippen molar-refractivity contribution in [2.24, 2.45) is 11.8 Å². The highest BCUT2D eigenvalue weighted by molar-refractivity contribution is 6.30. The molecule has 0 N–H and O–H groups in total. The second-order valence-electron chi connectivity index (χ2n) is 8.34. The van der Waals surface area contributed by atoms with Crippen molar-refractivity contribution in [2.45, 2.75) is 39.7 Å². The van der Waals surface area contributed by atoms with Crippen molar-refractivity contribution in [3.05, 3.63) is 52.7 Å². The summed E-state index contributed by atoms with van der Waals surface area (Å²) < 4.78 is 5.40. The number of aromatic nitrogens is 1. The molecule has 7 nitrogen and oxygen atoms in total. The molecule has 0 aliphatic carbocycles. The Labute approximate surface area is 185 Å². The number of carbonyl (C=O) groups excluding carboxylic acids is 3. The van der Waals surface area contributed by atoms with Crippen LogP contribution >= 0.6 is 11.6 Å². The van der Waals surface area contributed by atoms with E-state index in [1.807, 2.05) is 32.0 Å². The van der Waals surface area contributed by atoms with Gasteiger partial charge >= 0.3 is 6.09 Å². The maximum absolute atomic E-state index is 12.6. The largest absolute Gasteiger partial charge is 0.416 e. The number of ether oxygens (including phenoxy) is 1. The van der Waals surface area contributed by atoms with Gasteiger partial charge in [0.15, 0.2) is 0 Å². The van der Waals surface area contributed by atoms with Crippen LogP contribution < -0.4 is 9.64 Å². The van der Waals surface area contributed by atoms with Crippen molar-refractivity contribution in [1.29, 1.82) is 0 Å². The van der Waals surface area contributed by atoms with Gasteiger partial charge in [-0.25, -0.2) is 14.7 Å². The van der Waals surface area contributed by atoms with E-state index in [4.69, 9.17) is 16.3 Å². The lowest BCUT2D eigenvalue weighted by Gasteiger charge is -2.31. The van der Waals surface area contributed by atoms with Gasteiger partial charge in [0.05, 0.1) is 11.9 Å². The van der Waals surface area contributed by atoms with E-state index in [9.17, 15) is 14.4 Å². The molecule has 2 aliphatic rings. The van der Waals surface area contributed by atoms with Crippen LogP contribution in [0.3, 0.4) is 0 Å². The summed E-state index contributed by atoms with van der Waals surface area (Å²) in [5.74, 6) is -0.0105. The van der Waals surface area contributed by atoms with Crippen LogP contribution in [0.15, 0.2) is 36.5 Å². The van der Waals surface area contributed by atoms with E-state index >= 15 is 0 Å². The molecule has 1 saturated heterocycles. The third-order valence-electron chi connectivity index (χ3n) is 5.92. The van der Waals surface area contributed by atoms with Gasteiger partial charge in [0.25, 0.3) is 0 Å². The Morgan fingerprint density at radius 2 is 1.87 bits per heavy atom. The summed E-state index contributed by atoms with van der Waals surface area (Å²) in [6, 6.07) is 8.76. The fourth-order valence-electron chi connectivity index (χ4n) is 4.00. The van der Waals surface area contributed by atoms with Gasteiger partial charge in [0.2, 0.25) is 17.7 Å². The Hall–Kier alpha value is -2.93. The standard InChI is InChI=1S/C23H24ClN3O4/c1-14(2)16-10-21(28)27(22(29)11-16)19-5-6-20(25-12-19)31-23(30)26-8-7-15-3-4-18(24)9-17(15)13-26/h3-6,9,12,14,16H,7-8,10-11,13H2,1-2H3. The Kier molecular flexibility index (Phi) is 5.96. The van der Waals surface area contributed by atoms with Crippen LogP contribution in [0, 0.1) is 11.8 Å². The Balaban J connectivity index is 1.40. The minimum absolute atomic E-state index is 0.0639. The molecule has 3 amide bonds. The van der Waals surface area contributed by atoms with Gasteiger partial charge in [-0.3, -0.25) is 9.59 Å². The monoisotopic (exact) mass is 441 g/mol. The molecule has 3 heterocycles. The number of fused-ring (bicyclic) bond motifs is 1. The molecule has 1 aromatic heterocycles. The molecule has 0 spiro atoms. The molecule has 162 valence electrons. The van der Waals surface area contributed by atoms with Crippen molar-refractivity contribution in [1.82, 2.24) is 9.88 Å². The van der Waals surface area contributed by atoms with Crippen molar-refractivity contribution in [3.63, 3.8) is 0 Å². The van der Waals surface area contributed by atoms with E-state index < -0.39 is 6.09 Å². The summed E-state index contributed by atoms with van der Waals surface area (Å²) in [6.07, 6.45) is 2.28. The molecule has 0 radical (unpaired) electrons. The third kappa shape index (κ3) is 4.56. The van der Waals surface area contributed by atoms with E-state index in [0.29, 0.717) is 36.6 Å². The zero-order valence-electron chi connectivity index (χ0n) is 17.5. The smallest absolute Gasteiger partial charge is 0.391 e. The second kappa shape index (κ2) is 8.67. The molecule has 8 heteroatoms. The number of benzene rings is 1. The number of carbonyl (C=O) groups is 3. The normalized spacial score (nSPS) is 17.2. The fraction of sp³-hybridized carbons (Fsp3) is 0.391. The van der Waals surface area contributed by atoms with Crippen LogP contribution in [-0.4, -0.2) is 34.3 Å². The molecule has 0 atom stereocenters. The lowest BCUT2D eigenvalue weighted by Crippen LogP contribution is -2.44. The second-order valence-corrected chi connectivity index (χ2v) is 8.78. The first-order valence-corrected chi connectivity index (χ1v) is 10.8. The summed E-state index contributed by atoms with van der Waals surface area (Å²) in [4.78, 5) is 44.4. The zero-order chi connectivity index (χ0) is 22.1. The number of imide groups is 1. The summed E-state index contributed by atoms with van der Waals surface area (Å²) in [6.45, 7) is 4.99. The highest BCUT2D eigenvalue weighted by atomic mass is 35.5. The van der Waals surface area contributed by atoms with Crippen LogP contribution in [0.5, 0.6) is 5.88 Å². The molecule has 2 aliphatic heterocycles. The van der Waals surface area contributed by atoms with Gasteiger partial charge in [-0.05, 0) is 47.6 Å². The van der Waals surface area contributed by atoms with Crippen molar-refractivity contribution in [3.8, 4) is 5.88 Å². The highest BCUT2D eigenvalue weighted by Gasteiger charge is 2.35. The summed E-state index contributed by atoms with van der Waals surface area (Å²) in [7, 11) is 0. The predicted octanol–water partition coefficient (Wildman–Crippen LogP) is 4.22. The number of amides is 3. The number of rotatable bonds is 3. The lowest BCUT2D eigenvalue weighted by atomic mass is 9.86. The Bertz CT molecular complexity index is 1000. The Morgan fingerprint density at radius 1 is 1.13 bits per heavy atom. The number of halogens is 1. The van der Waals surface area contributed by atoms with Gasteiger partial charge < -0.3 is 9.64 Å². The van der Waals surface area contributed by atoms with E-state index in [0.717, 1.165) is 12.0 Å². The van der Waals surface area contributed by atoms with Crippen LogP contribution in [0.25, 0.3) is 0 Å². The average Bonchev–Trinajstić information content (AvgIpc) is 2.73. The van der Waals surface area contributed by atoms with Gasteiger partial charge in [-0.2, -0.15) is 0 Å². The maximum Gasteiger partial charge on any atom is 0.416 e. The first kappa shape index (κ1) is 21.3. The van der Waals surface area contributed by atoms with Gasteiger partial charge in [-0.15, -0.1) is 0 Å². The van der Waals surface area contributed by atoms with Gasteiger partial charge in [-0.1, -0.05) is 31.5 Å². The highest BCUT2D eigenvalue weighted by Crippen LogP contribution is 2.30. The summed E-state index contributed by atoms with van der Waals surface area (Å²) in [5, 5.41) is 0.632. The molecule has 0 bridgehead atoms. The maximum atomic E-state index is 12.6. The van der Waals surface area contributed by atoms with Crippen molar-refractivity contribution < 1.29 is 19.1 Å². The lowest BCUT2D eigenvalue weighted by molar-refractivity contribution is -0.131. The molecule has 2 aromatic rings. The van der Waals surface area contributed by atoms with Crippen LogP contribution in [0.2, 0.25) is 5.02 Å². The number of hydrogen-bond acceptors (Lipinski definition) is 5. The molecule has 31 heavy (non-hydrogen) atoms. The predicted molar refractivity (Wildman–Crippen MR) is 116 cm³/mol. The number of pyridine rings is 1. The minimum atomic E-state index is -0.504. The molecule has 0 saturated carbocycles. The Morgan fingerprint density at radius 3 is 2.52 bits per heavy atom. The number of hydrogen-bond donors (Lipinski definition) is 0. The molecule has 1 fully saturated rings. The zero-order valence-corrected chi connectivity index (χ0v) is 18.3. The number of anilines is 1. The van der Waals surface area contributed by atoms with E-state index in [2.05, 4.69) is 4.98 Å². The molecular formula is C23H24ClN3O4. The molecular weight excluding hydrogens is 418 g/mol. The minimum Gasteiger partial charge on any atom is -0.391 e. The summed E-state index contributed by atoms with van der Waals surface area (Å²) in [5.41, 5.74) is 2.56. The number of nitrogens with zero attached hydrogens (tertiary/aromatic N) is 3. The van der Waals surface area contributed by atoms with E-state index in [-0.39, 0.29) is 29.5 Å². The van der Waals surface area contributed by atoms with Gasteiger partial charge in [0.1, 0.15) is 0 Å². The van der Waals surface area contributed by atoms with Crippen LogP contribution in [-0.2, 0) is 22.6 Å². The molecule has 4 rings (SSSR count). The quantitative estimate of drug-likeness (QED) is 0.666. The van der Waals surface area contributed by atoms with E-state index in [1.165, 1.54) is 22.7 Å².